The molecular weight excluding hydrogens is 188 g/mol. The average Bonchev–Trinajstić information content (AvgIpc) is 2.28. The second-order valence-corrected chi connectivity index (χ2v) is 4.22. The van der Waals surface area contributed by atoms with Crippen molar-refractivity contribution in [3.8, 4) is 0 Å². The zero-order valence-electron chi connectivity index (χ0n) is 9.78. The first-order valence-corrected chi connectivity index (χ1v) is 5.86. The maximum absolute atomic E-state index is 11.7. The van der Waals surface area contributed by atoms with Crippen LogP contribution >= 0.6 is 0 Å². The molecule has 0 saturated carbocycles. The van der Waals surface area contributed by atoms with Gasteiger partial charge in [-0.2, -0.15) is 0 Å². The minimum absolute atomic E-state index is 0.113. The fraction of sp³-hybridized carbons (Fsp3) is 0.750. The molecule has 0 aromatic heterocycles. The topological polar surface area (TPSA) is 46.3 Å². The minimum atomic E-state index is 0.113. The number of hydrogen-bond donors (Lipinski definition) is 1. The Labute approximate surface area is 92.3 Å². The Morgan fingerprint density at radius 2 is 2.33 bits per heavy atom. The number of nitrogens with zero attached hydrogens (tertiary/aromatic N) is 1. The van der Waals surface area contributed by atoms with Crippen LogP contribution in [-0.4, -0.2) is 29.9 Å². The van der Waals surface area contributed by atoms with Crippen LogP contribution in [0.4, 0.5) is 0 Å². The summed E-state index contributed by atoms with van der Waals surface area (Å²) in [6.45, 7) is 5.53. The molecule has 86 valence electrons. The molecule has 1 saturated heterocycles. The van der Waals surface area contributed by atoms with Gasteiger partial charge >= 0.3 is 0 Å². The van der Waals surface area contributed by atoms with E-state index >= 15 is 0 Å². The van der Waals surface area contributed by atoms with Gasteiger partial charge in [-0.25, -0.2) is 0 Å². The molecule has 0 bridgehead atoms. The predicted octanol–water partition coefficient (Wildman–Crippen LogP) is 1.54. The normalized spacial score (nSPS) is 27.3. The highest BCUT2D eigenvalue weighted by atomic mass is 16.2. The minimum Gasteiger partial charge on any atom is -0.335 e. The first-order chi connectivity index (χ1) is 7.22. The van der Waals surface area contributed by atoms with Crippen LogP contribution in [-0.2, 0) is 4.79 Å². The number of rotatable bonds is 3. The van der Waals surface area contributed by atoms with Gasteiger partial charge in [-0.1, -0.05) is 19.4 Å². The summed E-state index contributed by atoms with van der Waals surface area (Å²) in [4.78, 5) is 13.7. The zero-order chi connectivity index (χ0) is 11.3. The fourth-order valence-electron chi connectivity index (χ4n) is 2.26. The monoisotopic (exact) mass is 210 g/mol. The summed E-state index contributed by atoms with van der Waals surface area (Å²) < 4.78 is 0. The molecule has 1 aliphatic rings. The molecular formula is C12H22N2O. The van der Waals surface area contributed by atoms with Crippen LogP contribution < -0.4 is 5.73 Å². The van der Waals surface area contributed by atoms with Crippen LogP contribution in [0.2, 0.25) is 0 Å². The number of likely N-dealkylation sites (tertiary alicyclic amines) is 1. The Kier molecular flexibility index (Phi) is 4.82. The summed E-state index contributed by atoms with van der Waals surface area (Å²) in [5, 5.41) is 0. The number of carbonyl (C=O) groups excluding carboxylic acids is 1. The van der Waals surface area contributed by atoms with Crippen LogP contribution in [0.1, 0.15) is 33.1 Å². The van der Waals surface area contributed by atoms with Gasteiger partial charge in [0.1, 0.15) is 0 Å². The van der Waals surface area contributed by atoms with Gasteiger partial charge in [-0.3, -0.25) is 4.79 Å². The summed E-state index contributed by atoms with van der Waals surface area (Å²) >= 11 is 0. The molecule has 0 spiro atoms. The first kappa shape index (κ1) is 12.2. The van der Waals surface area contributed by atoms with E-state index in [0.29, 0.717) is 6.54 Å². The van der Waals surface area contributed by atoms with E-state index in [4.69, 9.17) is 5.73 Å². The molecule has 15 heavy (non-hydrogen) atoms. The van der Waals surface area contributed by atoms with E-state index < -0.39 is 0 Å². The summed E-state index contributed by atoms with van der Waals surface area (Å²) in [6.07, 6.45) is 6.81. The van der Waals surface area contributed by atoms with E-state index in [1.54, 1.807) is 12.2 Å². The van der Waals surface area contributed by atoms with Crippen LogP contribution in [0, 0.1) is 5.92 Å². The quantitative estimate of drug-likeness (QED) is 0.718. The lowest BCUT2D eigenvalue weighted by Crippen LogP contribution is -2.49. The highest BCUT2D eigenvalue weighted by Gasteiger charge is 2.28. The molecule has 1 amide bonds. The molecule has 1 heterocycles. The van der Waals surface area contributed by atoms with E-state index in [1.807, 2.05) is 11.8 Å². The zero-order valence-corrected chi connectivity index (χ0v) is 9.78. The van der Waals surface area contributed by atoms with Crippen LogP contribution in [0.25, 0.3) is 0 Å². The van der Waals surface area contributed by atoms with Crippen molar-refractivity contribution in [3.05, 3.63) is 12.2 Å². The number of carbonyl (C=O) groups is 1. The molecule has 1 rings (SSSR count). The van der Waals surface area contributed by atoms with Crippen molar-refractivity contribution >= 4 is 5.91 Å². The molecule has 0 aromatic rings. The first-order valence-electron chi connectivity index (χ1n) is 5.86. The van der Waals surface area contributed by atoms with Gasteiger partial charge in [0.15, 0.2) is 0 Å². The van der Waals surface area contributed by atoms with Crippen molar-refractivity contribution in [2.75, 3.05) is 13.1 Å². The number of hydrogen-bond acceptors (Lipinski definition) is 2. The second kappa shape index (κ2) is 5.91. The largest absolute Gasteiger partial charge is 0.335 e. The van der Waals surface area contributed by atoms with Gasteiger partial charge in [0.25, 0.3) is 0 Å². The van der Waals surface area contributed by atoms with Crippen molar-refractivity contribution in [1.82, 2.24) is 4.90 Å². The van der Waals surface area contributed by atoms with Gasteiger partial charge in [-0.15, -0.1) is 0 Å². The third kappa shape index (κ3) is 3.06. The van der Waals surface area contributed by atoms with E-state index in [2.05, 4.69) is 6.92 Å². The van der Waals surface area contributed by atoms with Gasteiger partial charge in [-0.05, 0) is 31.8 Å². The lowest BCUT2D eigenvalue weighted by atomic mass is 9.89. The van der Waals surface area contributed by atoms with Gasteiger partial charge in [0, 0.05) is 19.1 Å². The molecule has 2 unspecified atom stereocenters. The smallest absolute Gasteiger partial charge is 0.246 e. The lowest BCUT2D eigenvalue weighted by Gasteiger charge is -2.38. The number of nitrogens with two attached hydrogens (primary N) is 1. The maximum atomic E-state index is 11.7. The van der Waals surface area contributed by atoms with Crippen LogP contribution in [0.3, 0.4) is 0 Å². The Hall–Kier alpha value is -0.830. The third-order valence-corrected chi connectivity index (χ3v) is 3.27. The summed E-state index contributed by atoms with van der Waals surface area (Å²) in [5.41, 5.74) is 5.73. The second-order valence-electron chi connectivity index (χ2n) is 4.22. The Morgan fingerprint density at radius 3 is 2.87 bits per heavy atom. The number of amides is 1. The highest BCUT2D eigenvalue weighted by molar-refractivity contribution is 5.87. The van der Waals surface area contributed by atoms with Gasteiger partial charge < -0.3 is 10.6 Å². The molecule has 2 N–H and O–H groups in total. The van der Waals surface area contributed by atoms with Crippen molar-refractivity contribution in [3.63, 3.8) is 0 Å². The molecule has 0 aliphatic carbocycles. The summed E-state index contributed by atoms with van der Waals surface area (Å²) in [7, 11) is 0. The fourth-order valence-corrected chi connectivity index (χ4v) is 2.26. The molecule has 2 atom stereocenters. The van der Waals surface area contributed by atoms with Crippen molar-refractivity contribution in [2.45, 2.75) is 39.2 Å². The van der Waals surface area contributed by atoms with E-state index in [-0.39, 0.29) is 11.9 Å². The van der Waals surface area contributed by atoms with E-state index in [9.17, 15) is 4.79 Å². The maximum Gasteiger partial charge on any atom is 0.246 e. The highest BCUT2D eigenvalue weighted by Crippen LogP contribution is 2.24. The summed E-state index contributed by atoms with van der Waals surface area (Å²) in [6, 6.07) is 0.243. The molecule has 0 aromatic carbocycles. The van der Waals surface area contributed by atoms with Crippen molar-refractivity contribution in [1.29, 1.82) is 0 Å². The van der Waals surface area contributed by atoms with Crippen LogP contribution in [0.15, 0.2) is 12.2 Å². The van der Waals surface area contributed by atoms with Crippen molar-refractivity contribution < 1.29 is 4.79 Å². The predicted molar refractivity (Wildman–Crippen MR) is 62.4 cm³/mol. The summed E-state index contributed by atoms with van der Waals surface area (Å²) in [5.74, 6) is 0.857. The molecule has 3 nitrogen and oxygen atoms in total. The molecule has 0 radical (unpaired) electrons. The van der Waals surface area contributed by atoms with Gasteiger partial charge in [0.05, 0.1) is 0 Å². The molecule has 1 aliphatic heterocycles. The van der Waals surface area contributed by atoms with Gasteiger partial charge in [0.2, 0.25) is 5.91 Å². The average molecular weight is 210 g/mol. The Bertz CT molecular complexity index is 238. The van der Waals surface area contributed by atoms with E-state index in [1.165, 1.54) is 6.42 Å². The Balaban J connectivity index is 2.61. The molecule has 1 fully saturated rings. The molecule has 3 heteroatoms. The third-order valence-electron chi connectivity index (χ3n) is 3.27. The van der Waals surface area contributed by atoms with E-state index in [0.717, 1.165) is 25.3 Å². The standard InChI is InChI=1S/C12H22N2O/c1-3-5-12(15)14-7-6-10(4-2)8-11(14)9-13/h3,5,10-11H,4,6-9,13H2,1-2H3/b5-3+. The number of allylic oxidation sites excluding steroid dienone is 1. The number of piperidine rings is 1. The van der Waals surface area contributed by atoms with Crippen molar-refractivity contribution in [2.24, 2.45) is 11.7 Å². The Morgan fingerprint density at radius 1 is 1.60 bits per heavy atom. The SMILES string of the molecule is C/C=C/C(=O)N1CCC(CC)CC1CN. The van der Waals surface area contributed by atoms with Crippen LogP contribution in [0.5, 0.6) is 0 Å². The lowest BCUT2D eigenvalue weighted by molar-refractivity contribution is -0.130.